The molecule has 0 radical (unpaired) electrons. The molecule has 2 nitrogen and oxygen atoms in total. The number of rotatable bonds is 8. The quantitative estimate of drug-likeness (QED) is 0.207. The van der Waals surface area contributed by atoms with Crippen LogP contribution in [-0.2, 0) is 9.22 Å². The number of hydrogen-bond acceptors (Lipinski definition) is 2. The van der Waals surface area contributed by atoms with E-state index >= 15 is 0 Å². The highest BCUT2D eigenvalue weighted by molar-refractivity contribution is 6.74. The van der Waals surface area contributed by atoms with Crippen LogP contribution in [-0.4, -0.2) is 20.2 Å². The van der Waals surface area contributed by atoms with E-state index in [-0.39, 0.29) is 22.0 Å². The predicted molar refractivity (Wildman–Crippen MR) is 151 cm³/mol. The lowest BCUT2D eigenvalue weighted by molar-refractivity contribution is -0.127. The normalized spacial score (nSPS) is 23.7. The number of ketones is 1. The summed E-state index contributed by atoms with van der Waals surface area (Å²) < 4.78 is 7.07. The summed E-state index contributed by atoms with van der Waals surface area (Å²) >= 11 is 0. The van der Waals surface area contributed by atoms with Crippen molar-refractivity contribution in [3.8, 4) is 11.8 Å². The van der Waals surface area contributed by atoms with Gasteiger partial charge in [-0.15, -0.1) is 0 Å². The average molecular weight is 491 g/mol. The van der Waals surface area contributed by atoms with Crippen molar-refractivity contribution in [1.29, 1.82) is 0 Å². The van der Waals surface area contributed by atoms with Crippen molar-refractivity contribution >= 4 is 14.1 Å². The van der Waals surface area contributed by atoms with Crippen molar-refractivity contribution in [3.05, 3.63) is 60.2 Å². The first-order valence-corrected chi connectivity index (χ1v) is 16.5. The highest BCUT2D eigenvalue weighted by atomic mass is 28.4. The average Bonchev–Trinajstić information content (AvgIpc) is 2.77. The van der Waals surface area contributed by atoms with Crippen molar-refractivity contribution in [1.82, 2.24) is 0 Å². The fourth-order valence-corrected chi connectivity index (χ4v) is 6.30. The second kappa shape index (κ2) is 11.4. The second-order valence-electron chi connectivity index (χ2n) is 12.5. The van der Waals surface area contributed by atoms with Gasteiger partial charge in [-0.1, -0.05) is 88.0 Å². The van der Waals surface area contributed by atoms with Gasteiger partial charge in [0.1, 0.15) is 5.78 Å². The van der Waals surface area contributed by atoms with Gasteiger partial charge < -0.3 is 4.43 Å². The molecular weight excluding hydrogens is 444 g/mol. The number of Topliss-reactive ketones (excluding diaryl/α,β-unsaturated/α-hetero) is 1. The minimum absolute atomic E-state index is 0.0928. The molecule has 0 aromatic heterocycles. The summed E-state index contributed by atoms with van der Waals surface area (Å²) in [6.45, 7) is 13.7. The Labute approximate surface area is 215 Å². The van der Waals surface area contributed by atoms with Crippen molar-refractivity contribution in [2.45, 2.75) is 110 Å². The number of benzene rings is 1. The van der Waals surface area contributed by atoms with Gasteiger partial charge in [0, 0.05) is 23.8 Å². The Morgan fingerprint density at radius 2 is 1.77 bits per heavy atom. The van der Waals surface area contributed by atoms with E-state index in [4.69, 9.17) is 4.43 Å². The third-order valence-electron chi connectivity index (χ3n) is 8.78. The van der Waals surface area contributed by atoms with E-state index in [9.17, 15) is 4.79 Å². The summed E-state index contributed by atoms with van der Waals surface area (Å²) in [6.07, 6.45) is 18.2. The molecule has 2 aliphatic carbocycles. The standard InChI is InChI=1S/C32H46O2Si/c1-30(2,3)35(5,6)34-29(21-12-14-23-31(4)22-13-11-20-28(31)33)32(25-16-26-32)24-15-10-19-27-17-8-7-9-18-27/h7-9,12,14,17-18,21,23,29H,11,13,15-16,20,22,24-26H2,1-6H3/b21-12+,23-14+/t29?,31-/m0/s1. The number of carbonyl (C=O) groups is 1. The van der Waals surface area contributed by atoms with Crippen LogP contribution in [0.3, 0.4) is 0 Å². The molecule has 1 aromatic carbocycles. The van der Waals surface area contributed by atoms with Crippen LogP contribution in [0, 0.1) is 22.7 Å². The Morgan fingerprint density at radius 3 is 2.37 bits per heavy atom. The van der Waals surface area contributed by atoms with Gasteiger partial charge in [-0.05, 0) is 74.7 Å². The highest BCUT2D eigenvalue weighted by Gasteiger charge is 2.47. The number of carbonyl (C=O) groups excluding carboxylic acids is 1. The molecule has 0 N–H and O–H groups in total. The Balaban J connectivity index is 1.77. The van der Waals surface area contributed by atoms with Gasteiger partial charge in [-0.3, -0.25) is 4.79 Å². The van der Waals surface area contributed by atoms with Crippen molar-refractivity contribution in [3.63, 3.8) is 0 Å². The first-order valence-electron chi connectivity index (χ1n) is 13.6. The van der Waals surface area contributed by atoms with E-state index in [0.29, 0.717) is 5.78 Å². The number of allylic oxidation sites excluding steroid dienone is 3. The summed E-state index contributed by atoms with van der Waals surface area (Å²) in [6, 6.07) is 10.3. The molecule has 0 amide bonds. The third-order valence-corrected chi connectivity index (χ3v) is 13.2. The maximum absolute atomic E-state index is 12.5. The van der Waals surface area contributed by atoms with Crippen LogP contribution in [0.15, 0.2) is 54.6 Å². The zero-order valence-electron chi connectivity index (χ0n) is 23.0. The van der Waals surface area contributed by atoms with Crippen molar-refractivity contribution in [2.75, 3.05) is 0 Å². The van der Waals surface area contributed by atoms with Gasteiger partial charge in [0.25, 0.3) is 0 Å². The predicted octanol–water partition coefficient (Wildman–Crippen LogP) is 8.64. The smallest absolute Gasteiger partial charge is 0.192 e. The van der Waals surface area contributed by atoms with Crippen LogP contribution in [0.1, 0.15) is 91.0 Å². The van der Waals surface area contributed by atoms with Gasteiger partial charge in [0.05, 0.1) is 6.10 Å². The van der Waals surface area contributed by atoms with E-state index in [0.717, 1.165) is 44.1 Å². The van der Waals surface area contributed by atoms with Gasteiger partial charge in [0.15, 0.2) is 8.32 Å². The SMILES string of the molecule is CC(C)(C)[Si](C)(C)OC(/C=C/C=C/[C@]1(C)CCCCC1=O)C1(CCC#Cc2ccccc2)CCC1. The molecule has 0 bridgehead atoms. The summed E-state index contributed by atoms with van der Waals surface area (Å²) in [5.41, 5.74) is 0.940. The largest absolute Gasteiger partial charge is 0.410 e. The molecule has 1 unspecified atom stereocenters. The molecule has 2 atom stereocenters. The molecule has 0 saturated heterocycles. The maximum Gasteiger partial charge on any atom is 0.192 e. The number of hydrogen-bond donors (Lipinski definition) is 0. The van der Waals surface area contributed by atoms with Crippen LogP contribution in [0.2, 0.25) is 18.1 Å². The van der Waals surface area contributed by atoms with Crippen LogP contribution in [0.25, 0.3) is 0 Å². The Kier molecular flexibility index (Phi) is 9.05. The molecule has 35 heavy (non-hydrogen) atoms. The van der Waals surface area contributed by atoms with Gasteiger partial charge >= 0.3 is 0 Å². The third kappa shape index (κ3) is 7.08. The lowest BCUT2D eigenvalue weighted by Crippen LogP contribution is -2.51. The summed E-state index contributed by atoms with van der Waals surface area (Å²) in [5, 5.41) is 0.162. The van der Waals surface area contributed by atoms with Crippen LogP contribution in [0.5, 0.6) is 0 Å². The van der Waals surface area contributed by atoms with E-state index in [2.05, 4.69) is 89.1 Å². The molecule has 2 saturated carbocycles. The van der Waals surface area contributed by atoms with E-state index in [1.165, 1.54) is 19.3 Å². The molecule has 2 fully saturated rings. The molecule has 190 valence electrons. The van der Waals surface area contributed by atoms with E-state index < -0.39 is 8.32 Å². The monoisotopic (exact) mass is 490 g/mol. The van der Waals surface area contributed by atoms with Crippen LogP contribution in [0.4, 0.5) is 0 Å². The molecule has 2 aliphatic rings. The van der Waals surface area contributed by atoms with Gasteiger partial charge in [-0.2, -0.15) is 0 Å². The van der Waals surface area contributed by atoms with E-state index in [1.807, 2.05) is 18.2 Å². The van der Waals surface area contributed by atoms with Crippen LogP contribution < -0.4 is 0 Å². The van der Waals surface area contributed by atoms with Crippen molar-refractivity contribution < 1.29 is 9.22 Å². The molecule has 3 heteroatoms. The lowest BCUT2D eigenvalue weighted by Gasteiger charge is -2.50. The summed E-state index contributed by atoms with van der Waals surface area (Å²) in [4.78, 5) is 12.5. The van der Waals surface area contributed by atoms with Gasteiger partial charge in [0.2, 0.25) is 0 Å². The Morgan fingerprint density at radius 1 is 1.06 bits per heavy atom. The minimum atomic E-state index is -1.94. The second-order valence-corrected chi connectivity index (χ2v) is 17.2. The van der Waals surface area contributed by atoms with Gasteiger partial charge in [-0.25, -0.2) is 0 Å². The molecular formula is C32H46O2Si. The fraction of sp³-hybridized carbons (Fsp3) is 0.594. The fourth-order valence-electron chi connectivity index (χ4n) is 4.98. The molecule has 0 aliphatic heterocycles. The minimum Gasteiger partial charge on any atom is -0.410 e. The van der Waals surface area contributed by atoms with Crippen molar-refractivity contribution in [2.24, 2.45) is 10.8 Å². The maximum atomic E-state index is 12.5. The Hall–Kier alpha value is -1.89. The van der Waals surface area contributed by atoms with Crippen LogP contribution >= 0.6 is 0 Å². The zero-order valence-corrected chi connectivity index (χ0v) is 24.0. The zero-order chi connectivity index (χ0) is 25.6. The summed E-state index contributed by atoms with van der Waals surface area (Å²) in [7, 11) is -1.94. The first kappa shape index (κ1) is 27.7. The highest BCUT2D eigenvalue weighted by Crippen LogP contribution is 2.51. The lowest BCUT2D eigenvalue weighted by atomic mass is 9.62. The first-order chi connectivity index (χ1) is 16.5. The molecule has 1 aromatic rings. The van der Waals surface area contributed by atoms with E-state index in [1.54, 1.807) is 0 Å². The Bertz CT molecular complexity index is 966. The molecule has 0 spiro atoms. The molecule has 0 heterocycles. The summed E-state index contributed by atoms with van der Waals surface area (Å²) in [5.74, 6) is 7.14. The molecule has 3 rings (SSSR count). The topological polar surface area (TPSA) is 26.3 Å².